The van der Waals surface area contributed by atoms with Crippen LogP contribution in [0.15, 0.2) is 0 Å². The van der Waals surface area contributed by atoms with Gasteiger partial charge in [-0.2, -0.15) is 0 Å². The van der Waals surface area contributed by atoms with Gasteiger partial charge in [-0.1, -0.05) is 6.42 Å². The van der Waals surface area contributed by atoms with Crippen molar-refractivity contribution < 1.29 is 14.3 Å². The molecule has 0 aromatic carbocycles. The number of carbonyl (C=O) groups excluding carboxylic acids is 2. The number of ether oxygens (including phenoxy) is 1. The first kappa shape index (κ1) is 14.3. The number of amides is 1. The lowest BCUT2D eigenvalue weighted by atomic mass is 9.91. The molecule has 1 aliphatic heterocycles. The van der Waals surface area contributed by atoms with Crippen molar-refractivity contribution in [3.63, 3.8) is 0 Å². The van der Waals surface area contributed by atoms with Crippen LogP contribution in [0, 0.1) is 0 Å². The molecule has 1 heterocycles. The molecule has 5 nitrogen and oxygen atoms in total. The third kappa shape index (κ3) is 4.20. The van der Waals surface area contributed by atoms with Crippen LogP contribution < -0.4 is 5.32 Å². The van der Waals surface area contributed by atoms with Crippen molar-refractivity contribution in [1.29, 1.82) is 0 Å². The molecule has 0 spiro atoms. The van der Waals surface area contributed by atoms with Gasteiger partial charge in [0, 0.05) is 25.2 Å². The zero-order valence-corrected chi connectivity index (χ0v) is 11.7. The Balaban J connectivity index is 1.66. The summed E-state index contributed by atoms with van der Waals surface area (Å²) in [5.41, 5.74) is 0. The number of nitrogens with zero attached hydrogens (tertiary/aromatic N) is 1. The lowest BCUT2D eigenvalue weighted by molar-refractivity contribution is -0.149. The predicted molar refractivity (Wildman–Crippen MR) is 71.6 cm³/mol. The second-order valence-corrected chi connectivity index (χ2v) is 5.43. The molecule has 0 bridgehead atoms. The summed E-state index contributed by atoms with van der Waals surface area (Å²) >= 11 is 0. The van der Waals surface area contributed by atoms with Crippen molar-refractivity contribution in [2.45, 2.75) is 57.5 Å². The Labute approximate surface area is 114 Å². The molecule has 19 heavy (non-hydrogen) atoms. The summed E-state index contributed by atoms with van der Waals surface area (Å²) in [6.07, 6.45) is 5.79. The van der Waals surface area contributed by atoms with Crippen LogP contribution in [0.5, 0.6) is 0 Å². The van der Waals surface area contributed by atoms with Crippen molar-refractivity contribution in [2.24, 2.45) is 0 Å². The van der Waals surface area contributed by atoms with E-state index >= 15 is 0 Å². The van der Waals surface area contributed by atoms with Crippen molar-refractivity contribution in [2.75, 3.05) is 19.7 Å². The zero-order chi connectivity index (χ0) is 13.7. The highest BCUT2D eigenvalue weighted by Crippen LogP contribution is 2.21. The molecule has 0 radical (unpaired) electrons. The summed E-state index contributed by atoms with van der Waals surface area (Å²) in [5, 5.41) is 3.65. The second-order valence-electron chi connectivity index (χ2n) is 5.43. The molecule has 0 atom stereocenters. The SMILES string of the molecule is CCOC(=O)CC(=O)N1CCC(NC2CCC2)CC1. The number of nitrogens with one attached hydrogen (secondary N) is 1. The van der Waals surface area contributed by atoms with Gasteiger partial charge >= 0.3 is 5.97 Å². The monoisotopic (exact) mass is 268 g/mol. The second kappa shape index (κ2) is 6.89. The number of carbonyl (C=O) groups is 2. The van der Waals surface area contributed by atoms with Crippen molar-refractivity contribution in [3.05, 3.63) is 0 Å². The van der Waals surface area contributed by atoms with Gasteiger partial charge in [0.1, 0.15) is 6.42 Å². The summed E-state index contributed by atoms with van der Waals surface area (Å²) in [7, 11) is 0. The number of piperidine rings is 1. The van der Waals surface area contributed by atoms with Crippen LogP contribution in [-0.2, 0) is 14.3 Å². The van der Waals surface area contributed by atoms with E-state index in [1.54, 1.807) is 11.8 Å². The minimum absolute atomic E-state index is 0.0967. The molecular weight excluding hydrogens is 244 g/mol. The highest BCUT2D eigenvalue weighted by Gasteiger charge is 2.27. The van der Waals surface area contributed by atoms with E-state index in [2.05, 4.69) is 5.32 Å². The van der Waals surface area contributed by atoms with Gasteiger partial charge < -0.3 is 15.0 Å². The number of hydrogen-bond donors (Lipinski definition) is 1. The Bertz CT molecular complexity index is 321. The largest absolute Gasteiger partial charge is 0.466 e. The molecule has 1 amide bonds. The highest BCUT2D eigenvalue weighted by atomic mass is 16.5. The molecule has 1 aliphatic carbocycles. The fraction of sp³-hybridized carbons (Fsp3) is 0.857. The Kier molecular flexibility index (Phi) is 5.19. The molecule has 2 aliphatic rings. The minimum Gasteiger partial charge on any atom is -0.466 e. The minimum atomic E-state index is -0.415. The summed E-state index contributed by atoms with van der Waals surface area (Å²) in [5.74, 6) is -0.511. The number of hydrogen-bond acceptors (Lipinski definition) is 4. The standard InChI is InChI=1S/C14H24N2O3/c1-2-19-14(18)10-13(17)16-8-6-12(7-9-16)15-11-4-3-5-11/h11-12,15H,2-10H2,1H3. The maximum atomic E-state index is 11.9. The molecule has 0 aromatic heterocycles. The van der Waals surface area contributed by atoms with E-state index < -0.39 is 5.97 Å². The Hall–Kier alpha value is -1.10. The lowest BCUT2D eigenvalue weighted by Gasteiger charge is -2.37. The fourth-order valence-electron chi connectivity index (χ4n) is 2.65. The van der Waals surface area contributed by atoms with E-state index in [0.29, 0.717) is 18.7 Å². The van der Waals surface area contributed by atoms with Crippen LogP contribution in [0.3, 0.4) is 0 Å². The molecule has 2 fully saturated rings. The van der Waals surface area contributed by atoms with Gasteiger partial charge in [-0.25, -0.2) is 0 Å². The van der Waals surface area contributed by atoms with Crippen LogP contribution in [0.2, 0.25) is 0 Å². The molecule has 0 unspecified atom stereocenters. The van der Waals surface area contributed by atoms with E-state index in [9.17, 15) is 9.59 Å². The summed E-state index contributed by atoms with van der Waals surface area (Å²) in [6.45, 7) is 3.59. The Morgan fingerprint density at radius 2 is 1.79 bits per heavy atom. The smallest absolute Gasteiger partial charge is 0.315 e. The van der Waals surface area contributed by atoms with Gasteiger partial charge in [-0.3, -0.25) is 9.59 Å². The van der Waals surface area contributed by atoms with Gasteiger partial charge in [0.25, 0.3) is 0 Å². The third-order valence-corrected chi connectivity index (χ3v) is 4.03. The molecule has 1 N–H and O–H groups in total. The van der Waals surface area contributed by atoms with E-state index in [0.717, 1.165) is 25.9 Å². The summed E-state index contributed by atoms with van der Waals surface area (Å²) in [4.78, 5) is 24.9. The molecule has 2 rings (SSSR count). The molecular formula is C14H24N2O3. The van der Waals surface area contributed by atoms with Gasteiger partial charge in [-0.15, -0.1) is 0 Å². The van der Waals surface area contributed by atoms with Crippen LogP contribution >= 0.6 is 0 Å². The first-order valence-corrected chi connectivity index (χ1v) is 7.38. The number of rotatable bonds is 5. The lowest BCUT2D eigenvalue weighted by Crippen LogP contribution is -2.49. The fourth-order valence-corrected chi connectivity index (χ4v) is 2.65. The van der Waals surface area contributed by atoms with E-state index in [-0.39, 0.29) is 12.3 Å². The quantitative estimate of drug-likeness (QED) is 0.598. The van der Waals surface area contributed by atoms with Gasteiger partial charge in [0.05, 0.1) is 6.61 Å². The third-order valence-electron chi connectivity index (χ3n) is 4.03. The molecule has 5 heteroatoms. The van der Waals surface area contributed by atoms with Crippen LogP contribution in [0.1, 0.15) is 45.4 Å². The van der Waals surface area contributed by atoms with Crippen LogP contribution in [0.4, 0.5) is 0 Å². The molecule has 108 valence electrons. The van der Waals surface area contributed by atoms with E-state index in [4.69, 9.17) is 4.74 Å². The average Bonchev–Trinajstić information content (AvgIpc) is 2.35. The first-order chi connectivity index (χ1) is 9.19. The van der Waals surface area contributed by atoms with E-state index in [1.807, 2.05) is 0 Å². The topological polar surface area (TPSA) is 58.6 Å². The van der Waals surface area contributed by atoms with Crippen molar-refractivity contribution >= 4 is 11.9 Å². The number of likely N-dealkylation sites (tertiary alicyclic amines) is 1. The summed E-state index contributed by atoms with van der Waals surface area (Å²) < 4.78 is 4.80. The predicted octanol–water partition coefficient (Wildman–Crippen LogP) is 1.07. The molecule has 1 saturated heterocycles. The van der Waals surface area contributed by atoms with Gasteiger partial charge in [0.2, 0.25) is 5.91 Å². The van der Waals surface area contributed by atoms with E-state index in [1.165, 1.54) is 19.3 Å². The first-order valence-electron chi connectivity index (χ1n) is 7.38. The van der Waals surface area contributed by atoms with Gasteiger partial charge in [-0.05, 0) is 32.6 Å². The van der Waals surface area contributed by atoms with Crippen molar-refractivity contribution in [1.82, 2.24) is 10.2 Å². The maximum Gasteiger partial charge on any atom is 0.315 e. The maximum absolute atomic E-state index is 11.9. The normalized spacial score (nSPS) is 21.0. The highest BCUT2D eigenvalue weighted by molar-refractivity contribution is 5.94. The van der Waals surface area contributed by atoms with Crippen LogP contribution in [0.25, 0.3) is 0 Å². The Morgan fingerprint density at radius 3 is 2.32 bits per heavy atom. The Morgan fingerprint density at radius 1 is 1.16 bits per heavy atom. The summed E-state index contributed by atoms with van der Waals surface area (Å²) in [6, 6.07) is 1.24. The number of esters is 1. The molecule has 0 aromatic rings. The zero-order valence-electron chi connectivity index (χ0n) is 11.7. The van der Waals surface area contributed by atoms with Crippen molar-refractivity contribution in [3.8, 4) is 0 Å². The van der Waals surface area contributed by atoms with Gasteiger partial charge in [0.15, 0.2) is 0 Å². The van der Waals surface area contributed by atoms with Crippen LogP contribution in [-0.4, -0.2) is 48.6 Å². The molecule has 1 saturated carbocycles. The average molecular weight is 268 g/mol.